The van der Waals surface area contributed by atoms with Crippen molar-refractivity contribution in [2.45, 2.75) is 25.9 Å². The number of nitrogens with zero attached hydrogens (tertiary/aromatic N) is 2. The van der Waals surface area contributed by atoms with Gasteiger partial charge in [0.15, 0.2) is 6.10 Å². The second-order valence-electron chi connectivity index (χ2n) is 8.19. The van der Waals surface area contributed by atoms with E-state index in [0.29, 0.717) is 31.5 Å². The number of piperidine rings is 1. The number of ether oxygens (including phenoxy) is 1. The van der Waals surface area contributed by atoms with Crippen LogP contribution in [0.1, 0.15) is 41.2 Å². The predicted molar refractivity (Wildman–Crippen MR) is 127 cm³/mol. The topological polar surface area (TPSA) is 59.5 Å². The highest BCUT2D eigenvalue weighted by molar-refractivity contribution is 7.18. The molecule has 162 valence electrons. The van der Waals surface area contributed by atoms with Crippen LogP contribution in [0.25, 0.3) is 21.0 Å². The molecule has 32 heavy (non-hydrogen) atoms. The Morgan fingerprint density at radius 1 is 1.00 bits per heavy atom. The minimum absolute atomic E-state index is 0.0245. The summed E-state index contributed by atoms with van der Waals surface area (Å²) in [6.07, 6.45) is 0.847. The lowest BCUT2D eigenvalue weighted by Crippen LogP contribution is -2.40. The van der Waals surface area contributed by atoms with E-state index >= 15 is 0 Å². The molecule has 5 nitrogen and oxygen atoms in total. The van der Waals surface area contributed by atoms with Gasteiger partial charge < -0.3 is 9.64 Å². The van der Waals surface area contributed by atoms with Crippen molar-refractivity contribution in [2.75, 3.05) is 13.1 Å². The number of para-hydroxylation sites is 1. The Bertz CT molecular complexity index is 1250. The molecule has 0 radical (unpaired) electrons. The van der Waals surface area contributed by atoms with Crippen LogP contribution in [0.4, 0.5) is 0 Å². The Balaban J connectivity index is 1.21. The van der Waals surface area contributed by atoms with Crippen molar-refractivity contribution < 1.29 is 14.3 Å². The molecule has 2 heterocycles. The first-order chi connectivity index (χ1) is 15.6. The number of fused-ring (bicyclic) bond motifs is 2. The zero-order valence-corrected chi connectivity index (χ0v) is 18.7. The zero-order chi connectivity index (χ0) is 22.1. The van der Waals surface area contributed by atoms with Gasteiger partial charge in [0.05, 0.1) is 16.1 Å². The molecule has 1 aliphatic rings. The van der Waals surface area contributed by atoms with E-state index in [0.717, 1.165) is 26.0 Å². The second-order valence-corrected chi connectivity index (χ2v) is 9.25. The lowest BCUT2D eigenvalue weighted by Gasteiger charge is -2.31. The van der Waals surface area contributed by atoms with Crippen LogP contribution in [0.15, 0.2) is 66.7 Å². The molecule has 0 bridgehead atoms. The molecule has 1 amide bonds. The fraction of sp³-hybridized carbons (Fsp3) is 0.269. The Morgan fingerprint density at radius 2 is 1.72 bits per heavy atom. The fourth-order valence-electron chi connectivity index (χ4n) is 4.29. The summed E-state index contributed by atoms with van der Waals surface area (Å²) in [4.78, 5) is 32.4. The Labute approximate surface area is 190 Å². The van der Waals surface area contributed by atoms with E-state index in [-0.39, 0.29) is 23.9 Å². The SMILES string of the molecule is C[C@H](OC(=O)C1CCN(C(=O)c2cccc3ccccc23)CC1)c1nc2ccccc2s1. The number of carbonyl (C=O) groups excluding carboxylic acids is 2. The maximum absolute atomic E-state index is 13.1. The van der Waals surface area contributed by atoms with Crippen molar-refractivity contribution in [1.82, 2.24) is 9.88 Å². The molecule has 0 spiro atoms. The molecule has 1 atom stereocenters. The average molecular weight is 445 g/mol. The summed E-state index contributed by atoms with van der Waals surface area (Å²) >= 11 is 1.56. The third-order valence-corrected chi connectivity index (χ3v) is 7.28. The van der Waals surface area contributed by atoms with Crippen LogP contribution >= 0.6 is 11.3 Å². The van der Waals surface area contributed by atoms with E-state index in [1.165, 1.54) is 0 Å². The normalized spacial score (nSPS) is 15.7. The molecule has 1 fully saturated rings. The highest BCUT2D eigenvalue weighted by Crippen LogP contribution is 2.30. The Morgan fingerprint density at radius 3 is 2.53 bits per heavy atom. The quantitative estimate of drug-likeness (QED) is 0.384. The molecule has 1 saturated heterocycles. The van der Waals surface area contributed by atoms with Gasteiger partial charge in [-0.25, -0.2) is 4.98 Å². The van der Waals surface area contributed by atoms with Gasteiger partial charge in [0.2, 0.25) is 0 Å². The van der Waals surface area contributed by atoms with Crippen LogP contribution < -0.4 is 0 Å². The molecular weight excluding hydrogens is 420 g/mol. The van der Waals surface area contributed by atoms with E-state index in [4.69, 9.17) is 4.74 Å². The summed E-state index contributed by atoms with van der Waals surface area (Å²) in [5, 5.41) is 2.83. The highest BCUT2D eigenvalue weighted by atomic mass is 32.1. The summed E-state index contributed by atoms with van der Waals surface area (Å²) in [5.74, 6) is -0.367. The van der Waals surface area contributed by atoms with Crippen molar-refractivity contribution >= 4 is 44.2 Å². The van der Waals surface area contributed by atoms with Gasteiger partial charge in [-0.1, -0.05) is 48.5 Å². The molecule has 1 aliphatic heterocycles. The maximum Gasteiger partial charge on any atom is 0.309 e. The Kier molecular flexibility index (Phi) is 5.62. The number of likely N-dealkylation sites (tertiary alicyclic amines) is 1. The van der Waals surface area contributed by atoms with Gasteiger partial charge in [-0.2, -0.15) is 0 Å². The number of hydrogen-bond donors (Lipinski definition) is 0. The Hall–Kier alpha value is -3.25. The van der Waals surface area contributed by atoms with Crippen molar-refractivity contribution in [3.8, 4) is 0 Å². The molecule has 4 aromatic rings. The summed E-state index contributed by atoms with van der Waals surface area (Å²) in [6.45, 7) is 2.98. The van der Waals surface area contributed by atoms with Crippen LogP contribution in [-0.4, -0.2) is 34.8 Å². The summed E-state index contributed by atoms with van der Waals surface area (Å²) < 4.78 is 6.84. The van der Waals surface area contributed by atoms with Crippen LogP contribution in [0.5, 0.6) is 0 Å². The van der Waals surface area contributed by atoms with Gasteiger partial charge in [-0.3, -0.25) is 9.59 Å². The van der Waals surface area contributed by atoms with Crippen LogP contribution in [-0.2, 0) is 9.53 Å². The van der Waals surface area contributed by atoms with E-state index < -0.39 is 0 Å². The number of hydrogen-bond acceptors (Lipinski definition) is 5. The van der Waals surface area contributed by atoms with Crippen molar-refractivity contribution in [1.29, 1.82) is 0 Å². The minimum atomic E-state index is -0.379. The number of thiazole rings is 1. The molecule has 3 aromatic carbocycles. The van der Waals surface area contributed by atoms with Crippen molar-refractivity contribution in [2.24, 2.45) is 5.92 Å². The summed E-state index contributed by atoms with van der Waals surface area (Å²) in [5.41, 5.74) is 1.64. The minimum Gasteiger partial charge on any atom is -0.455 e. The monoisotopic (exact) mass is 444 g/mol. The molecule has 0 saturated carbocycles. The van der Waals surface area contributed by atoms with Gasteiger partial charge in [0.25, 0.3) is 5.91 Å². The number of amides is 1. The van der Waals surface area contributed by atoms with Gasteiger partial charge in [0, 0.05) is 18.7 Å². The summed E-state index contributed by atoms with van der Waals surface area (Å²) in [7, 11) is 0. The molecule has 1 aromatic heterocycles. The number of rotatable bonds is 4. The average Bonchev–Trinajstić information content (AvgIpc) is 3.28. The first kappa shape index (κ1) is 20.6. The van der Waals surface area contributed by atoms with E-state index in [2.05, 4.69) is 4.98 Å². The van der Waals surface area contributed by atoms with Gasteiger partial charge in [0.1, 0.15) is 5.01 Å². The smallest absolute Gasteiger partial charge is 0.309 e. The molecule has 0 unspecified atom stereocenters. The van der Waals surface area contributed by atoms with E-state index in [1.54, 1.807) is 11.3 Å². The van der Waals surface area contributed by atoms with Crippen molar-refractivity contribution in [3.63, 3.8) is 0 Å². The first-order valence-electron chi connectivity index (χ1n) is 10.9. The van der Waals surface area contributed by atoms with Crippen LogP contribution in [0.3, 0.4) is 0 Å². The fourth-order valence-corrected chi connectivity index (χ4v) is 5.23. The molecule has 0 N–H and O–H groups in total. The highest BCUT2D eigenvalue weighted by Gasteiger charge is 2.30. The van der Waals surface area contributed by atoms with Gasteiger partial charge in [-0.05, 0) is 48.7 Å². The molecule has 0 aliphatic carbocycles. The van der Waals surface area contributed by atoms with Crippen LogP contribution in [0, 0.1) is 5.92 Å². The first-order valence-corrected chi connectivity index (χ1v) is 11.7. The summed E-state index contributed by atoms with van der Waals surface area (Å²) in [6, 6.07) is 21.7. The zero-order valence-electron chi connectivity index (χ0n) is 17.9. The largest absolute Gasteiger partial charge is 0.455 e. The van der Waals surface area contributed by atoms with Crippen molar-refractivity contribution in [3.05, 3.63) is 77.3 Å². The predicted octanol–water partition coefficient (Wildman–Crippen LogP) is 5.61. The number of carbonyl (C=O) groups is 2. The van der Waals surface area contributed by atoms with Crippen LogP contribution in [0.2, 0.25) is 0 Å². The standard InChI is InChI=1S/C26H24N2O3S/c1-17(24-27-22-11-4-5-12-23(22)32-24)31-26(30)19-13-15-28(16-14-19)25(29)21-10-6-8-18-7-2-3-9-20(18)21/h2-12,17,19H,13-16H2,1H3/t17-/m0/s1. The van der Waals surface area contributed by atoms with E-state index in [9.17, 15) is 9.59 Å². The lowest BCUT2D eigenvalue weighted by molar-refractivity contribution is -0.155. The second kappa shape index (κ2) is 8.71. The van der Waals surface area contributed by atoms with E-state index in [1.807, 2.05) is 78.6 Å². The lowest BCUT2D eigenvalue weighted by atomic mass is 9.95. The van der Waals surface area contributed by atoms with Gasteiger partial charge >= 0.3 is 5.97 Å². The number of aromatic nitrogens is 1. The third kappa shape index (κ3) is 3.98. The molecular formula is C26H24N2O3S. The maximum atomic E-state index is 13.1. The molecule has 5 rings (SSSR count). The molecule has 6 heteroatoms. The third-order valence-electron chi connectivity index (χ3n) is 6.09. The number of benzene rings is 3. The number of esters is 1. The van der Waals surface area contributed by atoms with Gasteiger partial charge in [-0.15, -0.1) is 11.3 Å².